The van der Waals surface area contributed by atoms with Crippen LogP contribution in [-0.2, 0) is 28.8 Å². The van der Waals surface area contributed by atoms with E-state index in [1.54, 1.807) is 0 Å². The molecule has 7 N–H and O–H groups in total. The predicted molar refractivity (Wildman–Crippen MR) is 173 cm³/mol. The summed E-state index contributed by atoms with van der Waals surface area (Å²) < 4.78 is 0. The molecule has 0 aromatic heterocycles. The van der Waals surface area contributed by atoms with E-state index in [4.69, 9.17) is 5.11 Å². The van der Waals surface area contributed by atoms with Gasteiger partial charge in [0.15, 0.2) is 0 Å². The van der Waals surface area contributed by atoms with E-state index in [0.717, 1.165) is 44.9 Å². The van der Waals surface area contributed by atoms with Gasteiger partial charge in [-0.2, -0.15) is 0 Å². The van der Waals surface area contributed by atoms with Gasteiger partial charge in [0.25, 0.3) is 0 Å². The van der Waals surface area contributed by atoms with Crippen molar-refractivity contribution in [3.8, 4) is 0 Å². The summed E-state index contributed by atoms with van der Waals surface area (Å²) in [5.41, 5.74) is 0. The van der Waals surface area contributed by atoms with Gasteiger partial charge in [0.2, 0.25) is 17.7 Å². The number of carbonyl (C=O) groups excluding carboxylic acids is 3. The Morgan fingerprint density at radius 1 is 0.478 bits per heavy atom. The lowest BCUT2D eigenvalue weighted by Crippen LogP contribution is -2.46. The van der Waals surface area contributed by atoms with Crippen LogP contribution in [-0.4, -0.2) is 80.8 Å². The molecule has 0 bridgehead atoms. The highest BCUT2D eigenvalue weighted by molar-refractivity contribution is 5.88. The minimum Gasteiger partial charge on any atom is -0.481 e. The van der Waals surface area contributed by atoms with Crippen LogP contribution in [0.2, 0.25) is 0 Å². The van der Waals surface area contributed by atoms with E-state index in [0.29, 0.717) is 6.42 Å². The Balaban J connectivity index is 3.87. The fraction of sp³-hybridized carbons (Fsp3) is 0.818. The summed E-state index contributed by atoms with van der Waals surface area (Å²) in [6.07, 6.45) is 17.2. The zero-order valence-electron chi connectivity index (χ0n) is 27.7. The van der Waals surface area contributed by atoms with Crippen molar-refractivity contribution in [3.63, 3.8) is 0 Å². The molecule has 0 saturated heterocycles. The number of amides is 3. The zero-order valence-corrected chi connectivity index (χ0v) is 27.7. The molecule has 0 rings (SSSR count). The van der Waals surface area contributed by atoms with E-state index >= 15 is 0 Å². The molecule has 0 aromatic carbocycles. The van der Waals surface area contributed by atoms with Gasteiger partial charge in [0, 0.05) is 19.3 Å². The fourth-order valence-electron chi connectivity index (χ4n) is 5.01. The van der Waals surface area contributed by atoms with Crippen LogP contribution in [0.5, 0.6) is 0 Å². The van der Waals surface area contributed by atoms with Crippen LogP contribution < -0.4 is 16.0 Å². The van der Waals surface area contributed by atoms with E-state index in [-0.39, 0.29) is 44.4 Å². The Bertz CT molecular complexity index is 897. The Morgan fingerprint density at radius 2 is 0.870 bits per heavy atom. The van der Waals surface area contributed by atoms with Gasteiger partial charge in [-0.3, -0.25) is 19.2 Å². The van der Waals surface area contributed by atoms with Gasteiger partial charge >= 0.3 is 17.9 Å². The van der Waals surface area contributed by atoms with E-state index in [1.165, 1.54) is 58.3 Å². The third-order valence-electron chi connectivity index (χ3n) is 7.79. The standard InChI is InChI=1S/C33H59N3O10/c1-25(37)20-21-26(32(43)44)36-30(40)24-34-28(38)23-22-27(33(45)46)35-29(39)18-16-14-12-10-8-6-4-2-3-5-7-9-11-13-15-17-19-31(41)42/h25-27,37H,2-24H2,1H3,(H,34,38)(H,35,39)(H,36,40)(H,41,42)(H,43,44)(H,45,46). The third-order valence-corrected chi connectivity index (χ3v) is 7.79. The number of aliphatic hydroxyl groups excluding tert-OH is 1. The monoisotopic (exact) mass is 657 g/mol. The number of rotatable bonds is 31. The molecule has 0 aliphatic rings. The second kappa shape index (κ2) is 28.0. The minimum atomic E-state index is -1.26. The molecule has 3 unspecified atom stereocenters. The summed E-state index contributed by atoms with van der Waals surface area (Å²) in [4.78, 5) is 69.6. The Morgan fingerprint density at radius 3 is 1.28 bits per heavy atom. The van der Waals surface area contributed by atoms with Crippen molar-refractivity contribution in [3.05, 3.63) is 0 Å². The van der Waals surface area contributed by atoms with Gasteiger partial charge in [-0.25, -0.2) is 9.59 Å². The zero-order chi connectivity index (χ0) is 34.6. The molecule has 0 aliphatic carbocycles. The molecule has 0 fully saturated rings. The van der Waals surface area contributed by atoms with Crippen molar-refractivity contribution >= 4 is 35.6 Å². The maximum Gasteiger partial charge on any atom is 0.326 e. The molecule has 13 heteroatoms. The first-order valence-electron chi connectivity index (χ1n) is 17.1. The Kier molecular flexibility index (Phi) is 26.1. The van der Waals surface area contributed by atoms with Crippen LogP contribution in [0.25, 0.3) is 0 Å². The van der Waals surface area contributed by atoms with Crippen molar-refractivity contribution in [1.82, 2.24) is 16.0 Å². The van der Waals surface area contributed by atoms with Crippen molar-refractivity contribution in [1.29, 1.82) is 0 Å². The van der Waals surface area contributed by atoms with Gasteiger partial charge in [0.1, 0.15) is 12.1 Å². The summed E-state index contributed by atoms with van der Waals surface area (Å²) in [6, 6.07) is -2.44. The molecule has 0 heterocycles. The highest BCUT2D eigenvalue weighted by Gasteiger charge is 2.22. The van der Waals surface area contributed by atoms with Crippen molar-refractivity contribution in [2.75, 3.05) is 6.54 Å². The average molecular weight is 658 g/mol. The number of carbonyl (C=O) groups is 6. The van der Waals surface area contributed by atoms with Crippen molar-refractivity contribution in [2.45, 2.75) is 166 Å². The van der Waals surface area contributed by atoms with Gasteiger partial charge in [-0.1, -0.05) is 89.9 Å². The molecule has 0 radical (unpaired) electrons. The van der Waals surface area contributed by atoms with Gasteiger partial charge < -0.3 is 36.4 Å². The summed E-state index contributed by atoms with van der Waals surface area (Å²) in [5.74, 6) is -4.95. The molecule has 266 valence electrons. The van der Waals surface area contributed by atoms with Gasteiger partial charge in [-0.05, 0) is 39.0 Å². The SMILES string of the molecule is CC(O)CCC(NC(=O)CNC(=O)CCC(NC(=O)CCCCCCCCCCCCCCCCCCC(=O)O)C(=O)O)C(=O)O. The minimum absolute atomic E-state index is 0.0245. The quantitative estimate of drug-likeness (QED) is 0.0524. The Labute approximate surface area is 273 Å². The van der Waals surface area contributed by atoms with E-state index < -0.39 is 54.5 Å². The molecule has 3 atom stereocenters. The topological polar surface area (TPSA) is 219 Å². The summed E-state index contributed by atoms with van der Waals surface area (Å²) in [6.45, 7) is 1.02. The first-order valence-corrected chi connectivity index (χ1v) is 17.1. The maximum absolute atomic E-state index is 12.2. The van der Waals surface area contributed by atoms with Crippen LogP contribution in [0.3, 0.4) is 0 Å². The molecule has 3 amide bonds. The first-order chi connectivity index (χ1) is 21.9. The fourth-order valence-corrected chi connectivity index (χ4v) is 5.01. The van der Waals surface area contributed by atoms with Gasteiger partial charge in [-0.15, -0.1) is 0 Å². The van der Waals surface area contributed by atoms with Gasteiger partial charge in [0.05, 0.1) is 12.6 Å². The maximum atomic E-state index is 12.2. The van der Waals surface area contributed by atoms with E-state index in [1.807, 2.05) is 0 Å². The third kappa shape index (κ3) is 27.1. The normalized spacial score (nSPS) is 12.9. The van der Waals surface area contributed by atoms with Crippen molar-refractivity contribution in [2.24, 2.45) is 0 Å². The molecule has 0 aliphatic heterocycles. The Hall–Kier alpha value is -3.22. The lowest BCUT2D eigenvalue weighted by atomic mass is 10.0. The van der Waals surface area contributed by atoms with E-state index in [2.05, 4.69) is 16.0 Å². The second-order valence-electron chi connectivity index (χ2n) is 12.2. The molecule has 0 aromatic rings. The molecule has 0 saturated carbocycles. The largest absolute Gasteiger partial charge is 0.481 e. The number of carboxylic acids is 3. The predicted octanol–water partition coefficient (Wildman–Crippen LogP) is 4.29. The average Bonchev–Trinajstić information content (AvgIpc) is 2.98. The molecule has 46 heavy (non-hydrogen) atoms. The number of aliphatic carboxylic acids is 3. The number of carboxylic acid groups (broad SMARTS) is 3. The van der Waals surface area contributed by atoms with Crippen LogP contribution >= 0.6 is 0 Å². The summed E-state index contributed by atoms with van der Waals surface area (Å²) in [5, 5.41) is 43.6. The molecular formula is C33H59N3O10. The van der Waals surface area contributed by atoms with Crippen LogP contribution in [0.15, 0.2) is 0 Å². The molecular weight excluding hydrogens is 598 g/mol. The lowest BCUT2D eigenvalue weighted by Gasteiger charge is -2.16. The number of unbranched alkanes of at least 4 members (excludes halogenated alkanes) is 15. The number of hydrogen-bond donors (Lipinski definition) is 7. The van der Waals surface area contributed by atoms with Crippen LogP contribution in [0.4, 0.5) is 0 Å². The van der Waals surface area contributed by atoms with Crippen LogP contribution in [0.1, 0.15) is 148 Å². The summed E-state index contributed by atoms with van der Waals surface area (Å²) in [7, 11) is 0. The first kappa shape index (κ1) is 42.8. The smallest absolute Gasteiger partial charge is 0.326 e. The van der Waals surface area contributed by atoms with E-state index in [9.17, 15) is 44.1 Å². The lowest BCUT2D eigenvalue weighted by molar-refractivity contribution is -0.142. The highest BCUT2D eigenvalue weighted by atomic mass is 16.4. The molecule has 13 nitrogen and oxygen atoms in total. The number of hydrogen-bond acceptors (Lipinski definition) is 7. The summed E-state index contributed by atoms with van der Waals surface area (Å²) >= 11 is 0. The highest BCUT2D eigenvalue weighted by Crippen LogP contribution is 2.14. The van der Waals surface area contributed by atoms with Crippen molar-refractivity contribution < 1.29 is 49.2 Å². The number of aliphatic hydroxyl groups is 1. The molecule has 0 spiro atoms. The van der Waals surface area contributed by atoms with Crippen LogP contribution in [0, 0.1) is 0 Å². The second-order valence-corrected chi connectivity index (χ2v) is 12.2. The number of nitrogens with one attached hydrogen (secondary N) is 3.